The Balaban J connectivity index is 2.06. The van der Waals surface area contributed by atoms with E-state index in [1.807, 2.05) is 45.0 Å². The van der Waals surface area contributed by atoms with Crippen LogP contribution in [0.2, 0.25) is 0 Å². The Hall–Kier alpha value is -2.41. The molecule has 2 aromatic carbocycles. The molecule has 2 N–H and O–H groups in total. The van der Waals surface area contributed by atoms with Crippen LogP contribution in [0, 0.1) is 11.2 Å². The number of hydrogen-bond donors (Lipinski definition) is 2. The van der Waals surface area contributed by atoms with Gasteiger partial charge in [0, 0.05) is 23.6 Å². The van der Waals surface area contributed by atoms with Crippen molar-refractivity contribution in [1.82, 2.24) is 10.6 Å². The third-order valence-electron chi connectivity index (χ3n) is 3.52. The normalized spacial score (nSPS) is 11.0. The van der Waals surface area contributed by atoms with Crippen LogP contribution in [-0.4, -0.2) is 18.5 Å². The Morgan fingerprint density at radius 2 is 1.74 bits per heavy atom. The van der Waals surface area contributed by atoms with Crippen LogP contribution in [0.5, 0.6) is 5.75 Å². The lowest BCUT2D eigenvalue weighted by molar-refractivity contribution is 0.0948. The number of amides is 2. The number of hydrogen-bond acceptors (Lipinski definition) is 3. The van der Waals surface area contributed by atoms with Gasteiger partial charge in [0.2, 0.25) is 0 Å². The van der Waals surface area contributed by atoms with Crippen LogP contribution in [0.4, 0.5) is 9.18 Å². The molecule has 0 bridgehead atoms. The predicted octanol–water partition coefficient (Wildman–Crippen LogP) is 4.65. The third-order valence-corrected chi connectivity index (χ3v) is 4.05. The molecular formula is C20H22BrFN2O3. The lowest BCUT2D eigenvalue weighted by atomic mass is 9.97. The second kappa shape index (κ2) is 8.99. The van der Waals surface area contributed by atoms with Gasteiger partial charge >= 0.3 is 6.09 Å². The van der Waals surface area contributed by atoms with Crippen molar-refractivity contribution >= 4 is 27.9 Å². The molecule has 0 aromatic heterocycles. The van der Waals surface area contributed by atoms with Gasteiger partial charge in [0.15, 0.2) is 0 Å². The van der Waals surface area contributed by atoms with E-state index < -0.39 is 17.8 Å². The maximum absolute atomic E-state index is 13.6. The van der Waals surface area contributed by atoms with E-state index in [1.165, 1.54) is 6.07 Å². The highest BCUT2D eigenvalue weighted by Crippen LogP contribution is 2.21. The van der Waals surface area contributed by atoms with Crippen LogP contribution in [0.15, 0.2) is 46.9 Å². The smallest absolute Gasteiger partial charge is 0.409 e. The van der Waals surface area contributed by atoms with Crippen molar-refractivity contribution in [3.63, 3.8) is 0 Å². The number of benzene rings is 2. The number of carbonyl (C=O) groups excluding carboxylic acids is 2. The minimum absolute atomic E-state index is 0.0828. The zero-order chi connectivity index (χ0) is 20.0. The Bertz CT molecular complexity index is 817. The highest BCUT2D eigenvalue weighted by atomic mass is 79.9. The van der Waals surface area contributed by atoms with Gasteiger partial charge in [0.05, 0.1) is 5.56 Å². The topological polar surface area (TPSA) is 67.4 Å². The molecule has 0 unspecified atom stereocenters. The molecule has 2 amide bonds. The maximum atomic E-state index is 13.6. The molecule has 0 aliphatic rings. The number of rotatable bonds is 5. The van der Waals surface area contributed by atoms with E-state index in [2.05, 4.69) is 26.6 Å². The summed E-state index contributed by atoms with van der Waals surface area (Å²) in [6.07, 6.45) is -0.738. The van der Waals surface area contributed by atoms with Crippen LogP contribution in [0.1, 0.15) is 36.7 Å². The molecule has 0 saturated heterocycles. The summed E-state index contributed by atoms with van der Waals surface area (Å²) in [7, 11) is 0. The molecule has 0 saturated carbocycles. The van der Waals surface area contributed by atoms with E-state index in [0.717, 1.165) is 22.2 Å². The molecule has 0 heterocycles. The summed E-state index contributed by atoms with van der Waals surface area (Å²) in [6.45, 7) is 6.54. The lowest BCUT2D eigenvalue weighted by Crippen LogP contribution is -2.34. The summed E-state index contributed by atoms with van der Waals surface area (Å²) in [5.74, 6) is -1.19. The lowest BCUT2D eigenvalue weighted by Gasteiger charge is -2.18. The average molecular weight is 437 g/mol. The first-order chi connectivity index (χ1) is 12.6. The Kier molecular flexibility index (Phi) is 6.96. The number of halogens is 2. The molecule has 0 radical (unpaired) electrons. The fourth-order valence-corrected chi connectivity index (χ4v) is 2.39. The SMILES string of the molecule is CC(C)(C)CNC(=O)Oc1cc(F)ccc1C(=O)NCc1ccc(Br)cc1. The third kappa shape index (κ3) is 7.02. The van der Waals surface area contributed by atoms with E-state index in [0.29, 0.717) is 13.1 Å². The quantitative estimate of drug-likeness (QED) is 0.716. The molecule has 0 aliphatic carbocycles. The van der Waals surface area contributed by atoms with Gasteiger partial charge in [-0.05, 0) is 35.2 Å². The van der Waals surface area contributed by atoms with Crippen molar-refractivity contribution in [1.29, 1.82) is 0 Å². The molecular weight excluding hydrogens is 415 g/mol. The number of ether oxygens (including phenoxy) is 1. The first-order valence-corrected chi connectivity index (χ1v) is 9.21. The Morgan fingerprint density at radius 3 is 2.37 bits per heavy atom. The van der Waals surface area contributed by atoms with Crippen molar-refractivity contribution in [2.45, 2.75) is 27.3 Å². The van der Waals surface area contributed by atoms with Crippen LogP contribution in [-0.2, 0) is 6.54 Å². The van der Waals surface area contributed by atoms with Crippen molar-refractivity contribution in [3.05, 3.63) is 63.9 Å². The first-order valence-electron chi connectivity index (χ1n) is 8.42. The summed E-state index contributed by atoms with van der Waals surface area (Å²) in [4.78, 5) is 24.4. The van der Waals surface area contributed by atoms with Crippen LogP contribution in [0.3, 0.4) is 0 Å². The minimum atomic E-state index is -0.738. The molecule has 2 aromatic rings. The van der Waals surface area contributed by atoms with Crippen molar-refractivity contribution in [3.8, 4) is 5.75 Å². The van der Waals surface area contributed by atoms with E-state index in [1.54, 1.807) is 0 Å². The summed E-state index contributed by atoms with van der Waals surface area (Å²) in [5.41, 5.74) is 0.852. The van der Waals surface area contributed by atoms with Crippen LogP contribution in [0.25, 0.3) is 0 Å². The summed E-state index contributed by atoms with van der Waals surface area (Å²) >= 11 is 3.35. The van der Waals surface area contributed by atoms with E-state index in [-0.39, 0.29) is 16.7 Å². The molecule has 2 rings (SSSR count). The molecule has 0 aliphatic heterocycles. The standard InChI is InChI=1S/C20H22BrFN2O3/c1-20(2,3)12-24-19(26)27-17-10-15(22)8-9-16(17)18(25)23-11-13-4-6-14(21)7-5-13/h4-10H,11-12H2,1-3H3,(H,23,25)(H,24,26). The van der Waals surface area contributed by atoms with Crippen molar-refractivity contribution < 1.29 is 18.7 Å². The van der Waals surface area contributed by atoms with E-state index in [4.69, 9.17) is 4.74 Å². The van der Waals surface area contributed by atoms with Gasteiger partial charge in [0.1, 0.15) is 11.6 Å². The second-order valence-electron chi connectivity index (χ2n) is 7.25. The second-order valence-corrected chi connectivity index (χ2v) is 8.17. The predicted molar refractivity (Wildman–Crippen MR) is 105 cm³/mol. The van der Waals surface area contributed by atoms with Gasteiger partial charge in [-0.1, -0.05) is 48.8 Å². The number of nitrogens with one attached hydrogen (secondary N) is 2. The maximum Gasteiger partial charge on any atom is 0.412 e. The van der Waals surface area contributed by atoms with Crippen molar-refractivity contribution in [2.75, 3.05) is 6.54 Å². The summed E-state index contributed by atoms with van der Waals surface area (Å²) in [5, 5.41) is 5.34. The zero-order valence-electron chi connectivity index (χ0n) is 15.4. The Morgan fingerprint density at radius 1 is 1.07 bits per heavy atom. The van der Waals surface area contributed by atoms with Crippen LogP contribution >= 0.6 is 15.9 Å². The monoisotopic (exact) mass is 436 g/mol. The van der Waals surface area contributed by atoms with Gasteiger partial charge in [-0.15, -0.1) is 0 Å². The molecule has 7 heteroatoms. The summed E-state index contributed by atoms with van der Waals surface area (Å²) < 4.78 is 19.7. The van der Waals surface area contributed by atoms with Gasteiger partial charge in [-0.2, -0.15) is 0 Å². The fourth-order valence-electron chi connectivity index (χ4n) is 2.12. The Labute approximate surface area is 166 Å². The van der Waals surface area contributed by atoms with Gasteiger partial charge < -0.3 is 15.4 Å². The van der Waals surface area contributed by atoms with E-state index >= 15 is 0 Å². The number of carbonyl (C=O) groups is 2. The van der Waals surface area contributed by atoms with Gasteiger partial charge in [-0.3, -0.25) is 4.79 Å². The molecule has 0 atom stereocenters. The average Bonchev–Trinajstić information content (AvgIpc) is 2.59. The van der Waals surface area contributed by atoms with Crippen molar-refractivity contribution in [2.24, 2.45) is 5.41 Å². The van der Waals surface area contributed by atoms with E-state index in [9.17, 15) is 14.0 Å². The van der Waals surface area contributed by atoms with Gasteiger partial charge in [-0.25, -0.2) is 9.18 Å². The molecule has 144 valence electrons. The molecule has 27 heavy (non-hydrogen) atoms. The van der Waals surface area contributed by atoms with Gasteiger partial charge in [0.25, 0.3) is 5.91 Å². The fraction of sp³-hybridized carbons (Fsp3) is 0.300. The van der Waals surface area contributed by atoms with Crippen LogP contribution < -0.4 is 15.4 Å². The first kappa shape index (κ1) is 20.9. The highest BCUT2D eigenvalue weighted by Gasteiger charge is 2.18. The highest BCUT2D eigenvalue weighted by molar-refractivity contribution is 9.10. The summed E-state index contributed by atoms with van der Waals surface area (Å²) in [6, 6.07) is 10.9. The molecule has 0 fully saturated rings. The molecule has 0 spiro atoms. The largest absolute Gasteiger partial charge is 0.412 e. The minimum Gasteiger partial charge on any atom is -0.409 e. The molecule has 5 nitrogen and oxygen atoms in total. The zero-order valence-corrected chi connectivity index (χ0v) is 17.0.